The SMILES string of the molecule is COc1cncc(-c2cccc([C@]3(c4ccc(OC(F)F)cc4C)COC(N)=N3)c2)c1. The number of rotatable bonds is 6. The number of aliphatic imine (C=N–C) groups is 1. The predicted octanol–water partition coefficient (Wildman–Crippen LogP) is 4.26. The number of pyridine rings is 1. The number of alkyl halides is 2. The van der Waals surface area contributed by atoms with Gasteiger partial charge in [0.05, 0.1) is 13.3 Å². The van der Waals surface area contributed by atoms with Crippen LogP contribution < -0.4 is 15.2 Å². The molecule has 0 spiro atoms. The molecule has 8 heteroatoms. The van der Waals surface area contributed by atoms with Gasteiger partial charge in [0.25, 0.3) is 6.02 Å². The Morgan fingerprint density at radius 1 is 1.06 bits per heavy atom. The summed E-state index contributed by atoms with van der Waals surface area (Å²) in [6.07, 6.45) is 3.38. The maximum atomic E-state index is 12.6. The highest BCUT2D eigenvalue weighted by Crippen LogP contribution is 2.41. The van der Waals surface area contributed by atoms with Gasteiger partial charge in [0.1, 0.15) is 18.1 Å². The number of nitrogens with zero attached hydrogens (tertiary/aromatic N) is 2. The van der Waals surface area contributed by atoms with Crippen molar-refractivity contribution >= 4 is 6.02 Å². The zero-order valence-electron chi connectivity index (χ0n) is 17.0. The van der Waals surface area contributed by atoms with Crippen LogP contribution in [0.5, 0.6) is 11.5 Å². The van der Waals surface area contributed by atoms with Crippen LogP contribution in [0.4, 0.5) is 8.78 Å². The number of hydrogen-bond acceptors (Lipinski definition) is 6. The van der Waals surface area contributed by atoms with Crippen LogP contribution in [0.15, 0.2) is 65.9 Å². The number of methoxy groups -OCH3 is 1. The Bertz CT molecular complexity index is 1140. The Kier molecular flexibility index (Phi) is 5.46. The maximum absolute atomic E-state index is 12.6. The maximum Gasteiger partial charge on any atom is 0.387 e. The lowest BCUT2D eigenvalue weighted by Gasteiger charge is -2.27. The lowest BCUT2D eigenvalue weighted by atomic mass is 9.81. The molecule has 6 nitrogen and oxygen atoms in total. The second kappa shape index (κ2) is 8.22. The smallest absolute Gasteiger partial charge is 0.387 e. The molecule has 0 unspecified atom stereocenters. The fourth-order valence-corrected chi connectivity index (χ4v) is 3.79. The van der Waals surface area contributed by atoms with Crippen molar-refractivity contribution in [1.29, 1.82) is 0 Å². The number of amidine groups is 1. The molecule has 0 radical (unpaired) electrons. The molecule has 0 bridgehead atoms. The van der Waals surface area contributed by atoms with Gasteiger partial charge in [-0.15, -0.1) is 0 Å². The molecule has 4 rings (SSSR count). The summed E-state index contributed by atoms with van der Waals surface area (Å²) in [5.74, 6) is 0.730. The average Bonchev–Trinajstić information content (AvgIpc) is 3.16. The number of aromatic nitrogens is 1. The molecule has 0 saturated carbocycles. The van der Waals surface area contributed by atoms with Crippen molar-refractivity contribution in [2.75, 3.05) is 13.7 Å². The van der Waals surface area contributed by atoms with Crippen molar-refractivity contribution in [1.82, 2.24) is 4.98 Å². The summed E-state index contributed by atoms with van der Waals surface area (Å²) in [5.41, 5.74) is 9.14. The van der Waals surface area contributed by atoms with Crippen LogP contribution in [0.25, 0.3) is 11.1 Å². The van der Waals surface area contributed by atoms with Crippen LogP contribution in [0.1, 0.15) is 16.7 Å². The largest absolute Gasteiger partial charge is 0.495 e. The van der Waals surface area contributed by atoms with E-state index in [0.717, 1.165) is 27.8 Å². The van der Waals surface area contributed by atoms with E-state index < -0.39 is 12.2 Å². The van der Waals surface area contributed by atoms with Crippen LogP contribution in [0.2, 0.25) is 0 Å². The minimum atomic E-state index is -2.89. The van der Waals surface area contributed by atoms with Crippen molar-refractivity contribution in [3.8, 4) is 22.6 Å². The third kappa shape index (κ3) is 4.01. The van der Waals surface area contributed by atoms with Crippen LogP contribution in [0.3, 0.4) is 0 Å². The molecule has 0 saturated heterocycles. The van der Waals surface area contributed by atoms with Gasteiger partial charge in [-0.1, -0.05) is 24.3 Å². The standard InChI is InChI=1S/C23H21F2N3O3/c1-14-8-18(31-21(24)25)6-7-20(14)23(13-30-22(26)28-23)17-5-3-4-15(9-17)16-10-19(29-2)12-27-11-16/h3-12,21H,13H2,1-2H3,(H2,26,28)/t23-/m0/s1. The lowest BCUT2D eigenvalue weighted by molar-refractivity contribution is -0.0498. The molecule has 1 aliphatic rings. The quantitative estimate of drug-likeness (QED) is 0.639. The first-order chi connectivity index (χ1) is 14.9. The van der Waals surface area contributed by atoms with Crippen molar-refractivity contribution in [2.24, 2.45) is 10.7 Å². The molecule has 1 aliphatic heterocycles. The van der Waals surface area contributed by atoms with Gasteiger partial charge >= 0.3 is 6.61 Å². The molecule has 1 aromatic heterocycles. The Morgan fingerprint density at radius 3 is 2.58 bits per heavy atom. The fourth-order valence-electron chi connectivity index (χ4n) is 3.79. The molecule has 160 valence electrons. The first-order valence-electron chi connectivity index (χ1n) is 9.55. The van der Waals surface area contributed by atoms with Crippen LogP contribution in [-0.2, 0) is 10.3 Å². The Balaban J connectivity index is 1.81. The Labute approximate surface area is 178 Å². The topological polar surface area (TPSA) is 79.0 Å². The molecule has 2 N–H and O–H groups in total. The van der Waals surface area contributed by atoms with E-state index in [-0.39, 0.29) is 18.4 Å². The van der Waals surface area contributed by atoms with E-state index in [1.807, 2.05) is 37.3 Å². The first kappa shape index (κ1) is 20.6. The molecule has 31 heavy (non-hydrogen) atoms. The van der Waals surface area contributed by atoms with Gasteiger partial charge in [0.15, 0.2) is 5.54 Å². The molecule has 2 aromatic carbocycles. The predicted molar refractivity (Wildman–Crippen MR) is 112 cm³/mol. The van der Waals surface area contributed by atoms with E-state index in [9.17, 15) is 8.78 Å². The second-order valence-electron chi connectivity index (χ2n) is 7.15. The van der Waals surface area contributed by atoms with Crippen molar-refractivity contribution < 1.29 is 23.0 Å². The van der Waals surface area contributed by atoms with Crippen molar-refractivity contribution in [3.63, 3.8) is 0 Å². The van der Waals surface area contributed by atoms with Gasteiger partial charge in [-0.2, -0.15) is 8.78 Å². The molecular formula is C23H21F2N3O3. The summed E-state index contributed by atoms with van der Waals surface area (Å²) in [4.78, 5) is 8.84. The number of benzene rings is 2. The average molecular weight is 425 g/mol. The van der Waals surface area contributed by atoms with Gasteiger partial charge in [-0.3, -0.25) is 4.98 Å². The first-order valence-corrected chi connectivity index (χ1v) is 9.55. The lowest BCUT2D eigenvalue weighted by Crippen LogP contribution is -2.28. The van der Waals surface area contributed by atoms with Crippen LogP contribution >= 0.6 is 0 Å². The summed E-state index contributed by atoms with van der Waals surface area (Å²) >= 11 is 0. The molecule has 2 heterocycles. The van der Waals surface area contributed by atoms with Gasteiger partial charge in [-0.05, 0) is 53.4 Å². The van der Waals surface area contributed by atoms with E-state index in [1.54, 1.807) is 31.6 Å². The third-order valence-electron chi connectivity index (χ3n) is 5.22. The van der Waals surface area contributed by atoms with Gasteiger partial charge in [0, 0.05) is 11.8 Å². The van der Waals surface area contributed by atoms with E-state index in [0.29, 0.717) is 5.75 Å². The number of ether oxygens (including phenoxy) is 3. The van der Waals surface area contributed by atoms with Crippen LogP contribution in [0, 0.1) is 6.92 Å². The summed E-state index contributed by atoms with van der Waals surface area (Å²) < 4.78 is 40.6. The molecule has 0 aliphatic carbocycles. The van der Waals surface area contributed by atoms with Crippen LogP contribution in [-0.4, -0.2) is 31.3 Å². The zero-order valence-corrected chi connectivity index (χ0v) is 17.0. The molecular weight excluding hydrogens is 404 g/mol. The minimum Gasteiger partial charge on any atom is -0.495 e. The van der Waals surface area contributed by atoms with E-state index in [2.05, 4.69) is 14.7 Å². The van der Waals surface area contributed by atoms with Gasteiger partial charge in [0.2, 0.25) is 0 Å². The van der Waals surface area contributed by atoms with E-state index in [1.165, 1.54) is 6.07 Å². The summed E-state index contributed by atoms with van der Waals surface area (Å²) in [6.45, 7) is -0.889. The highest BCUT2D eigenvalue weighted by atomic mass is 19.3. The van der Waals surface area contributed by atoms with Gasteiger partial charge in [-0.25, -0.2) is 4.99 Å². The normalized spacial score (nSPS) is 17.9. The molecule has 0 amide bonds. The third-order valence-corrected chi connectivity index (χ3v) is 5.22. The monoisotopic (exact) mass is 425 g/mol. The Morgan fingerprint density at radius 2 is 1.90 bits per heavy atom. The summed E-state index contributed by atoms with van der Waals surface area (Å²) in [5, 5.41) is 0. The van der Waals surface area contributed by atoms with E-state index in [4.69, 9.17) is 15.2 Å². The van der Waals surface area contributed by atoms with Gasteiger partial charge < -0.3 is 19.9 Å². The summed E-state index contributed by atoms with van der Waals surface area (Å²) in [7, 11) is 1.59. The highest BCUT2D eigenvalue weighted by molar-refractivity contribution is 5.76. The number of hydrogen-bond donors (Lipinski definition) is 1. The summed E-state index contributed by atoms with van der Waals surface area (Å²) in [6, 6.07) is 14.5. The van der Waals surface area contributed by atoms with E-state index >= 15 is 0 Å². The van der Waals surface area contributed by atoms with Crippen molar-refractivity contribution in [3.05, 3.63) is 77.6 Å². The number of nitrogens with two attached hydrogens (primary N) is 1. The second-order valence-corrected chi connectivity index (χ2v) is 7.15. The highest BCUT2D eigenvalue weighted by Gasteiger charge is 2.41. The molecule has 3 aromatic rings. The van der Waals surface area contributed by atoms with Crippen molar-refractivity contribution in [2.45, 2.75) is 19.1 Å². The number of aryl methyl sites for hydroxylation is 1. The molecule has 1 atom stereocenters. The number of halogens is 2. The minimum absolute atomic E-state index is 0.0701. The zero-order chi connectivity index (χ0) is 22.0. The fraction of sp³-hybridized carbons (Fsp3) is 0.217. The molecule has 0 fully saturated rings. The Hall–Kier alpha value is -3.68.